The van der Waals surface area contributed by atoms with Crippen LogP contribution in [-0.2, 0) is 6.54 Å². The normalized spacial score (nSPS) is 10.3. The van der Waals surface area contributed by atoms with E-state index in [1.807, 2.05) is 43.3 Å². The molecule has 1 amide bonds. The molecule has 0 radical (unpaired) electrons. The molecule has 0 saturated carbocycles. The minimum absolute atomic E-state index is 0.257. The number of rotatable bonds is 5. The molecule has 0 unspecified atom stereocenters. The summed E-state index contributed by atoms with van der Waals surface area (Å²) >= 11 is 3.45. The number of hydrogen-bond acceptors (Lipinski definition) is 5. The number of aromatic nitrogens is 3. The monoisotopic (exact) mass is 397 g/mol. The average Bonchev–Trinajstić information content (AvgIpc) is 2.64. The van der Waals surface area contributed by atoms with Gasteiger partial charge in [-0.05, 0) is 36.8 Å². The first-order chi connectivity index (χ1) is 12.1. The highest BCUT2D eigenvalue weighted by atomic mass is 79.9. The molecule has 2 aromatic heterocycles. The van der Waals surface area contributed by atoms with E-state index in [2.05, 4.69) is 41.5 Å². The third-order valence-electron chi connectivity index (χ3n) is 3.50. The van der Waals surface area contributed by atoms with Crippen molar-refractivity contribution in [3.8, 4) is 0 Å². The molecule has 126 valence electrons. The van der Waals surface area contributed by atoms with Crippen LogP contribution in [0.1, 0.15) is 21.6 Å². The van der Waals surface area contributed by atoms with Crippen LogP contribution in [-0.4, -0.2) is 20.9 Å². The van der Waals surface area contributed by atoms with Crippen LogP contribution in [0, 0.1) is 6.92 Å². The van der Waals surface area contributed by atoms with Crippen molar-refractivity contribution < 1.29 is 4.79 Å². The van der Waals surface area contributed by atoms with Gasteiger partial charge in [-0.15, -0.1) is 0 Å². The van der Waals surface area contributed by atoms with Crippen molar-refractivity contribution in [2.75, 3.05) is 10.6 Å². The number of carbonyl (C=O) groups is 1. The molecule has 3 aromatic rings. The molecule has 6 nitrogen and oxygen atoms in total. The van der Waals surface area contributed by atoms with E-state index in [1.54, 1.807) is 6.20 Å². The summed E-state index contributed by atoms with van der Waals surface area (Å²) in [6.45, 7) is 2.50. The Hall–Kier alpha value is -2.80. The van der Waals surface area contributed by atoms with Crippen molar-refractivity contribution in [2.24, 2.45) is 0 Å². The van der Waals surface area contributed by atoms with E-state index in [0.29, 0.717) is 23.7 Å². The van der Waals surface area contributed by atoms with Crippen molar-refractivity contribution >= 4 is 33.5 Å². The molecule has 25 heavy (non-hydrogen) atoms. The Labute approximate surface area is 153 Å². The first kappa shape index (κ1) is 17.0. The van der Waals surface area contributed by atoms with Gasteiger partial charge in [0.05, 0.1) is 17.8 Å². The summed E-state index contributed by atoms with van der Waals surface area (Å²) in [5.41, 5.74) is 3.09. The van der Waals surface area contributed by atoms with Crippen molar-refractivity contribution in [1.82, 2.24) is 15.0 Å². The largest absolute Gasteiger partial charge is 0.349 e. The van der Waals surface area contributed by atoms with Crippen LogP contribution in [0.15, 0.2) is 59.5 Å². The third kappa shape index (κ3) is 4.60. The third-order valence-corrected chi connectivity index (χ3v) is 4.35. The van der Waals surface area contributed by atoms with Crippen molar-refractivity contribution in [2.45, 2.75) is 13.5 Å². The van der Waals surface area contributed by atoms with Gasteiger partial charge in [-0.2, -0.15) is 0 Å². The summed E-state index contributed by atoms with van der Waals surface area (Å²) in [4.78, 5) is 24.8. The molecule has 0 bridgehead atoms. The number of nitrogens with one attached hydrogen (secondary N) is 2. The lowest BCUT2D eigenvalue weighted by molar-refractivity contribution is 0.102. The Kier molecular flexibility index (Phi) is 5.35. The van der Waals surface area contributed by atoms with Gasteiger partial charge in [-0.3, -0.25) is 9.78 Å². The topological polar surface area (TPSA) is 79.8 Å². The van der Waals surface area contributed by atoms with E-state index >= 15 is 0 Å². The zero-order valence-corrected chi connectivity index (χ0v) is 15.1. The summed E-state index contributed by atoms with van der Waals surface area (Å²) in [7, 11) is 0. The standard InChI is InChI=1S/C18H16BrN5O/c1-12-5-6-14(8-16(12)19)24-17(25)13-9-21-18(22-10-13)23-11-15-4-2-3-7-20-15/h2-10H,11H2,1H3,(H,24,25)(H,21,22,23). The summed E-state index contributed by atoms with van der Waals surface area (Å²) in [5, 5.41) is 5.89. The van der Waals surface area contributed by atoms with Crippen molar-refractivity contribution in [1.29, 1.82) is 0 Å². The lowest BCUT2D eigenvalue weighted by atomic mass is 10.2. The highest BCUT2D eigenvalue weighted by Gasteiger charge is 2.08. The van der Waals surface area contributed by atoms with Crippen molar-refractivity contribution in [3.05, 3.63) is 76.3 Å². The smallest absolute Gasteiger partial charge is 0.258 e. The van der Waals surface area contributed by atoms with Crippen LogP contribution < -0.4 is 10.6 Å². The molecule has 0 aliphatic carbocycles. The minimum Gasteiger partial charge on any atom is -0.349 e. The Balaban J connectivity index is 1.61. The number of nitrogens with zero attached hydrogens (tertiary/aromatic N) is 3. The van der Waals surface area contributed by atoms with Gasteiger partial charge in [-0.1, -0.05) is 28.1 Å². The number of carbonyl (C=O) groups excluding carboxylic acids is 1. The van der Waals surface area contributed by atoms with Gasteiger partial charge in [0.2, 0.25) is 5.95 Å². The first-order valence-corrected chi connectivity index (χ1v) is 8.44. The summed E-state index contributed by atoms with van der Waals surface area (Å²) in [6, 6.07) is 11.3. The molecular formula is C18H16BrN5O. The summed E-state index contributed by atoms with van der Waals surface area (Å²) in [5.74, 6) is 0.187. The number of aryl methyl sites for hydroxylation is 1. The average molecular weight is 398 g/mol. The highest BCUT2D eigenvalue weighted by Crippen LogP contribution is 2.21. The maximum atomic E-state index is 12.3. The molecule has 0 saturated heterocycles. The molecule has 2 N–H and O–H groups in total. The van der Waals surface area contributed by atoms with Crippen LogP contribution in [0.4, 0.5) is 11.6 Å². The van der Waals surface area contributed by atoms with Crippen LogP contribution in [0.3, 0.4) is 0 Å². The Bertz CT molecular complexity index is 868. The molecule has 2 heterocycles. The van der Waals surface area contributed by atoms with Gasteiger partial charge in [-0.25, -0.2) is 9.97 Å². The summed E-state index contributed by atoms with van der Waals surface area (Å²) in [6.07, 6.45) is 4.72. The molecular weight excluding hydrogens is 382 g/mol. The summed E-state index contributed by atoms with van der Waals surface area (Å²) < 4.78 is 0.940. The molecule has 0 spiro atoms. The number of halogens is 1. The lowest BCUT2D eigenvalue weighted by Crippen LogP contribution is -2.13. The maximum absolute atomic E-state index is 12.3. The maximum Gasteiger partial charge on any atom is 0.258 e. The van der Waals surface area contributed by atoms with Gasteiger partial charge in [0.1, 0.15) is 0 Å². The van der Waals surface area contributed by atoms with E-state index in [1.165, 1.54) is 12.4 Å². The number of anilines is 2. The number of amides is 1. The number of benzene rings is 1. The zero-order chi connectivity index (χ0) is 17.6. The van der Waals surface area contributed by atoms with Gasteiger partial charge >= 0.3 is 0 Å². The van der Waals surface area contributed by atoms with Gasteiger partial charge < -0.3 is 10.6 Å². The molecule has 0 aliphatic heterocycles. The first-order valence-electron chi connectivity index (χ1n) is 7.65. The highest BCUT2D eigenvalue weighted by molar-refractivity contribution is 9.10. The van der Waals surface area contributed by atoms with Crippen LogP contribution in [0.25, 0.3) is 0 Å². The number of pyridine rings is 1. The predicted octanol–water partition coefficient (Wildman–Crippen LogP) is 3.81. The minimum atomic E-state index is -0.257. The van der Waals surface area contributed by atoms with E-state index in [0.717, 1.165) is 15.7 Å². The molecule has 0 atom stereocenters. The molecule has 3 rings (SSSR count). The fraction of sp³-hybridized carbons (Fsp3) is 0.111. The second-order valence-corrected chi connectivity index (χ2v) is 6.24. The fourth-order valence-electron chi connectivity index (χ4n) is 2.08. The SMILES string of the molecule is Cc1ccc(NC(=O)c2cnc(NCc3ccccn3)nc2)cc1Br. The van der Waals surface area contributed by atoms with Crippen LogP contribution in [0.2, 0.25) is 0 Å². The van der Waals surface area contributed by atoms with Crippen LogP contribution in [0.5, 0.6) is 0 Å². The predicted molar refractivity (Wildman–Crippen MR) is 100 cm³/mol. The molecule has 0 aliphatic rings. The molecule has 7 heteroatoms. The molecule has 0 fully saturated rings. The lowest BCUT2D eigenvalue weighted by Gasteiger charge is -2.08. The van der Waals surface area contributed by atoms with Crippen molar-refractivity contribution in [3.63, 3.8) is 0 Å². The second kappa shape index (κ2) is 7.85. The Morgan fingerprint density at radius 3 is 2.60 bits per heavy atom. The fourth-order valence-corrected chi connectivity index (χ4v) is 2.46. The van der Waals surface area contributed by atoms with E-state index < -0.39 is 0 Å². The van der Waals surface area contributed by atoms with E-state index in [-0.39, 0.29) is 5.91 Å². The van der Waals surface area contributed by atoms with Gasteiger partial charge in [0.25, 0.3) is 5.91 Å². The number of hydrogen-bond donors (Lipinski definition) is 2. The van der Waals surface area contributed by atoms with E-state index in [4.69, 9.17) is 0 Å². The second-order valence-electron chi connectivity index (χ2n) is 5.39. The zero-order valence-electron chi connectivity index (χ0n) is 13.5. The van der Waals surface area contributed by atoms with Crippen LogP contribution >= 0.6 is 15.9 Å². The molecule has 1 aromatic carbocycles. The van der Waals surface area contributed by atoms with E-state index in [9.17, 15) is 4.79 Å². The Morgan fingerprint density at radius 1 is 1.12 bits per heavy atom. The quantitative estimate of drug-likeness (QED) is 0.684. The Morgan fingerprint density at radius 2 is 1.92 bits per heavy atom. The van der Waals surface area contributed by atoms with Gasteiger partial charge in [0, 0.05) is 28.8 Å². The van der Waals surface area contributed by atoms with Gasteiger partial charge in [0.15, 0.2) is 0 Å².